The third-order valence-electron chi connectivity index (χ3n) is 8.52. The molecule has 0 unspecified atom stereocenters. The van der Waals surface area contributed by atoms with Crippen LogP contribution in [0.4, 0.5) is 0 Å². The molecule has 0 aromatic carbocycles. The fourth-order valence-electron chi connectivity index (χ4n) is 7.38. The van der Waals surface area contributed by atoms with Gasteiger partial charge in [0.25, 0.3) is 0 Å². The SMILES string of the molecule is C[C@]12CC[C@@H](OS(=O)(=O)O)C[C@@H]1CC[C@@H]1[C@@H]2[C@@H](O)C[C@]2(C)C(=O)CC[C@@H]12. The van der Waals surface area contributed by atoms with Gasteiger partial charge in [0, 0.05) is 11.8 Å². The second-order valence-corrected chi connectivity index (χ2v) is 10.7. The summed E-state index contributed by atoms with van der Waals surface area (Å²) in [7, 11) is -4.43. The molecule has 0 bridgehead atoms. The number of fused-ring (bicyclic) bond motifs is 5. The van der Waals surface area contributed by atoms with E-state index in [4.69, 9.17) is 8.74 Å². The van der Waals surface area contributed by atoms with Crippen molar-refractivity contribution >= 4 is 16.2 Å². The molecule has 0 aromatic heterocycles. The minimum absolute atomic E-state index is 0.0611. The largest absolute Gasteiger partial charge is 0.397 e. The van der Waals surface area contributed by atoms with Crippen molar-refractivity contribution < 1.29 is 27.1 Å². The summed E-state index contributed by atoms with van der Waals surface area (Å²) in [5.74, 6) is 1.50. The molecule has 0 spiro atoms. The maximum Gasteiger partial charge on any atom is 0.397 e. The highest BCUT2D eigenvalue weighted by atomic mass is 32.3. The van der Waals surface area contributed by atoms with Crippen LogP contribution in [0.1, 0.15) is 65.2 Å². The lowest BCUT2D eigenvalue weighted by molar-refractivity contribution is -0.174. The Morgan fingerprint density at radius 1 is 1.15 bits per heavy atom. The lowest BCUT2D eigenvalue weighted by atomic mass is 9.44. The lowest BCUT2D eigenvalue weighted by Crippen LogP contribution is -2.59. The van der Waals surface area contributed by atoms with Gasteiger partial charge in [-0.05, 0) is 74.0 Å². The minimum atomic E-state index is -4.43. The van der Waals surface area contributed by atoms with E-state index in [0.717, 1.165) is 25.7 Å². The van der Waals surface area contributed by atoms with Crippen molar-refractivity contribution in [3.63, 3.8) is 0 Å². The first-order valence-electron chi connectivity index (χ1n) is 9.92. The average molecular weight is 387 g/mol. The van der Waals surface area contributed by atoms with Crippen molar-refractivity contribution in [2.45, 2.75) is 77.4 Å². The highest BCUT2D eigenvalue weighted by molar-refractivity contribution is 7.80. The van der Waals surface area contributed by atoms with E-state index in [1.165, 1.54) is 0 Å². The molecular weight excluding hydrogens is 356 g/mol. The van der Waals surface area contributed by atoms with Crippen LogP contribution in [-0.4, -0.2) is 36.1 Å². The van der Waals surface area contributed by atoms with Crippen molar-refractivity contribution in [3.05, 3.63) is 0 Å². The summed E-state index contributed by atoms with van der Waals surface area (Å²) in [5.41, 5.74) is -0.427. The maximum atomic E-state index is 12.5. The van der Waals surface area contributed by atoms with Crippen LogP contribution in [0.2, 0.25) is 0 Å². The summed E-state index contributed by atoms with van der Waals surface area (Å²) >= 11 is 0. The van der Waals surface area contributed by atoms with Gasteiger partial charge in [0.2, 0.25) is 0 Å². The molecule has 26 heavy (non-hydrogen) atoms. The predicted molar refractivity (Wildman–Crippen MR) is 94.5 cm³/mol. The molecule has 4 rings (SSSR count). The Morgan fingerprint density at radius 3 is 2.58 bits per heavy atom. The molecule has 7 heteroatoms. The third-order valence-corrected chi connectivity index (χ3v) is 9.03. The molecule has 0 aliphatic heterocycles. The van der Waals surface area contributed by atoms with Crippen molar-refractivity contribution in [2.24, 2.45) is 34.5 Å². The van der Waals surface area contributed by atoms with Crippen LogP contribution in [0.3, 0.4) is 0 Å². The minimum Gasteiger partial charge on any atom is -0.393 e. The molecule has 0 heterocycles. The number of ketones is 1. The summed E-state index contributed by atoms with van der Waals surface area (Å²) < 4.78 is 36.0. The molecule has 4 aliphatic rings. The third kappa shape index (κ3) is 2.77. The van der Waals surface area contributed by atoms with Crippen LogP contribution >= 0.6 is 0 Å². The van der Waals surface area contributed by atoms with Crippen LogP contribution in [0.15, 0.2) is 0 Å². The van der Waals surface area contributed by atoms with Crippen LogP contribution < -0.4 is 0 Å². The number of rotatable bonds is 2. The number of hydrogen-bond acceptors (Lipinski definition) is 5. The van der Waals surface area contributed by atoms with Gasteiger partial charge >= 0.3 is 10.4 Å². The van der Waals surface area contributed by atoms with Crippen LogP contribution in [0.5, 0.6) is 0 Å². The first-order valence-corrected chi connectivity index (χ1v) is 11.3. The Labute approximate surface area is 155 Å². The number of hydrogen-bond donors (Lipinski definition) is 2. The van der Waals surface area contributed by atoms with Crippen LogP contribution in [0, 0.1) is 34.5 Å². The van der Waals surface area contributed by atoms with Crippen LogP contribution in [-0.2, 0) is 19.4 Å². The quantitative estimate of drug-likeness (QED) is 0.708. The molecule has 0 saturated heterocycles. The zero-order chi connectivity index (χ0) is 18.9. The number of aliphatic hydroxyl groups is 1. The fourth-order valence-corrected chi connectivity index (χ4v) is 7.89. The second-order valence-electron chi connectivity index (χ2n) is 9.65. The van der Waals surface area contributed by atoms with Gasteiger partial charge in [0.05, 0.1) is 12.2 Å². The van der Waals surface area contributed by atoms with Gasteiger partial charge in [-0.2, -0.15) is 8.42 Å². The Bertz CT molecular complexity index is 705. The molecule has 4 saturated carbocycles. The summed E-state index contributed by atoms with van der Waals surface area (Å²) in [4.78, 5) is 12.5. The average Bonchev–Trinajstić information content (AvgIpc) is 2.81. The standard InChI is InChI=1S/C19H30O6S/c1-18-8-7-12(25-26(22,23)24)9-11(18)3-4-13-14-5-6-16(21)19(14,2)10-15(20)17(13)18/h11-15,17,20H,3-10H2,1-2H3,(H,22,23,24)/t11-,12+,13-,14-,15-,17+,18-,19-/m0/s1. The molecular formula is C19H30O6S. The van der Waals surface area contributed by atoms with Crippen LogP contribution in [0.25, 0.3) is 0 Å². The molecule has 4 aliphatic carbocycles. The van der Waals surface area contributed by atoms with Gasteiger partial charge in [0.1, 0.15) is 5.78 Å². The van der Waals surface area contributed by atoms with Gasteiger partial charge in [-0.1, -0.05) is 13.8 Å². The Balaban J connectivity index is 1.59. The molecule has 0 radical (unpaired) electrons. The Hall–Kier alpha value is -0.500. The fraction of sp³-hybridized carbons (Fsp3) is 0.947. The smallest absolute Gasteiger partial charge is 0.393 e. The summed E-state index contributed by atoms with van der Waals surface area (Å²) in [6.45, 7) is 4.29. The molecule has 0 amide bonds. The van der Waals surface area contributed by atoms with E-state index in [0.29, 0.717) is 43.3 Å². The zero-order valence-corrected chi connectivity index (χ0v) is 16.4. The molecule has 2 N–H and O–H groups in total. The lowest BCUT2D eigenvalue weighted by Gasteiger charge is -2.61. The normalized spacial score (nSPS) is 51.5. The molecule has 148 valence electrons. The van der Waals surface area contributed by atoms with Gasteiger partial charge in [-0.15, -0.1) is 0 Å². The number of carbonyl (C=O) groups is 1. The van der Waals surface area contributed by atoms with Gasteiger partial charge < -0.3 is 5.11 Å². The maximum absolute atomic E-state index is 12.5. The van der Waals surface area contributed by atoms with E-state index in [-0.39, 0.29) is 22.7 Å². The van der Waals surface area contributed by atoms with Gasteiger partial charge in [-0.25, -0.2) is 4.18 Å². The first kappa shape index (κ1) is 18.8. The molecule has 0 aromatic rings. The summed E-state index contributed by atoms with van der Waals surface area (Å²) in [5, 5.41) is 11.1. The zero-order valence-electron chi connectivity index (χ0n) is 15.6. The Morgan fingerprint density at radius 2 is 1.88 bits per heavy atom. The predicted octanol–water partition coefficient (Wildman–Crippen LogP) is 2.76. The van der Waals surface area contributed by atoms with E-state index in [9.17, 15) is 18.3 Å². The van der Waals surface area contributed by atoms with Crippen molar-refractivity contribution in [3.8, 4) is 0 Å². The number of aliphatic hydroxyl groups excluding tert-OH is 1. The first-order chi connectivity index (χ1) is 12.0. The summed E-state index contributed by atoms with van der Waals surface area (Å²) in [6.07, 6.45) is 5.11. The van der Waals surface area contributed by atoms with Gasteiger partial charge in [-0.3, -0.25) is 9.35 Å². The van der Waals surface area contributed by atoms with Gasteiger partial charge in [0.15, 0.2) is 0 Å². The van der Waals surface area contributed by atoms with E-state index in [2.05, 4.69) is 13.8 Å². The van der Waals surface area contributed by atoms with Crippen molar-refractivity contribution in [1.82, 2.24) is 0 Å². The second kappa shape index (κ2) is 6.00. The Kier molecular flexibility index (Phi) is 4.35. The van der Waals surface area contributed by atoms with E-state index >= 15 is 0 Å². The number of Topliss-reactive ketones (excluding diaryl/α,β-unsaturated/α-hetero) is 1. The topological polar surface area (TPSA) is 101 Å². The van der Waals surface area contributed by atoms with E-state index in [1.807, 2.05) is 0 Å². The monoisotopic (exact) mass is 386 g/mol. The number of carbonyl (C=O) groups excluding carboxylic acids is 1. The van der Waals surface area contributed by atoms with E-state index in [1.54, 1.807) is 0 Å². The van der Waals surface area contributed by atoms with Crippen molar-refractivity contribution in [2.75, 3.05) is 0 Å². The highest BCUT2D eigenvalue weighted by Crippen LogP contribution is 2.65. The van der Waals surface area contributed by atoms with Crippen molar-refractivity contribution in [1.29, 1.82) is 0 Å². The molecule has 4 fully saturated rings. The molecule has 6 nitrogen and oxygen atoms in total. The summed E-state index contributed by atoms with van der Waals surface area (Å²) in [6, 6.07) is 0. The van der Waals surface area contributed by atoms with E-state index < -0.39 is 22.6 Å². The molecule has 8 atom stereocenters. The highest BCUT2D eigenvalue weighted by Gasteiger charge is 2.63.